The molecule has 0 radical (unpaired) electrons. The molecule has 26 heavy (non-hydrogen) atoms. The summed E-state index contributed by atoms with van der Waals surface area (Å²) < 4.78 is 55.5. The molecule has 1 fully saturated rings. The lowest BCUT2D eigenvalue weighted by Crippen LogP contribution is -2.73. The minimum atomic E-state index is -5.32. The predicted molar refractivity (Wildman–Crippen MR) is 78.1 cm³/mol. The van der Waals surface area contributed by atoms with Crippen molar-refractivity contribution in [2.75, 3.05) is 13.4 Å². The number of esters is 1. The molecule has 0 aromatic heterocycles. The number of rotatable bonds is 3. The molecule has 1 aromatic carbocycles. The third kappa shape index (κ3) is 2.87. The van der Waals surface area contributed by atoms with E-state index in [1.54, 1.807) is 0 Å². The van der Waals surface area contributed by atoms with Crippen LogP contribution >= 0.6 is 0 Å². The van der Waals surface area contributed by atoms with Crippen LogP contribution < -0.4 is 20.1 Å². The SMILES string of the molecule is CCOC(=O)[C@H]1[C@@H](c2ccc3c(c2)OCO3)NC(=O)N[C@]1(O)C(F)(F)F. The quantitative estimate of drug-likeness (QED) is 0.685. The monoisotopic (exact) mass is 376 g/mol. The first-order valence-electron chi connectivity index (χ1n) is 7.61. The first-order chi connectivity index (χ1) is 12.2. The van der Waals surface area contributed by atoms with Crippen LogP contribution in [0.3, 0.4) is 0 Å². The molecule has 3 atom stereocenters. The molecular formula is C15H15F3N2O6. The third-order valence-electron chi connectivity index (χ3n) is 4.10. The van der Waals surface area contributed by atoms with Crippen LogP contribution in [0, 0.1) is 5.92 Å². The molecule has 1 saturated heterocycles. The normalized spacial score (nSPS) is 27.5. The number of fused-ring (bicyclic) bond motifs is 1. The molecule has 0 unspecified atom stereocenters. The second-order valence-corrected chi connectivity index (χ2v) is 5.68. The molecule has 8 nitrogen and oxygen atoms in total. The molecule has 1 aromatic rings. The van der Waals surface area contributed by atoms with E-state index in [1.165, 1.54) is 30.4 Å². The van der Waals surface area contributed by atoms with E-state index in [-0.39, 0.29) is 24.7 Å². The Morgan fingerprint density at radius 3 is 2.73 bits per heavy atom. The van der Waals surface area contributed by atoms with E-state index in [4.69, 9.17) is 14.2 Å². The molecule has 2 aliphatic rings. The Kier molecular flexibility index (Phi) is 4.34. The maximum Gasteiger partial charge on any atom is 0.437 e. The van der Waals surface area contributed by atoms with Gasteiger partial charge in [-0.05, 0) is 24.6 Å². The van der Waals surface area contributed by atoms with Crippen molar-refractivity contribution in [3.63, 3.8) is 0 Å². The standard InChI is InChI=1S/C15H15F3N2O6/c1-2-24-12(21)10-11(7-3-4-8-9(5-7)26-6-25-8)19-13(22)20-14(10,23)15(16,17)18/h3-5,10-11,23H,2,6H2,1H3,(H2,19,20,22)/t10-,11-,14-/m1/s1. The number of aliphatic hydroxyl groups is 1. The van der Waals surface area contributed by atoms with Crippen LogP contribution in [0.2, 0.25) is 0 Å². The summed E-state index contributed by atoms with van der Waals surface area (Å²) in [7, 11) is 0. The van der Waals surface area contributed by atoms with Gasteiger partial charge in [0.25, 0.3) is 5.72 Å². The van der Waals surface area contributed by atoms with Crippen LogP contribution in [0.4, 0.5) is 18.0 Å². The number of hydrogen-bond donors (Lipinski definition) is 3. The van der Waals surface area contributed by atoms with Crippen molar-refractivity contribution >= 4 is 12.0 Å². The van der Waals surface area contributed by atoms with Gasteiger partial charge < -0.3 is 30.0 Å². The summed E-state index contributed by atoms with van der Waals surface area (Å²) in [6.07, 6.45) is -5.32. The predicted octanol–water partition coefficient (Wildman–Crippen LogP) is 1.20. The lowest BCUT2D eigenvalue weighted by atomic mass is 9.82. The van der Waals surface area contributed by atoms with Crippen LogP contribution in [0.15, 0.2) is 18.2 Å². The van der Waals surface area contributed by atoms with Gasteiger partial charge in [0.15, 0.2) is 11.5 Å². The number of hydrogen-bond acceptors (Lipinski definition) is 6. The van der Waals surface area contributed by atoms with E-state index in [0.717, 1.165) is 0 Å². The largest absolute Gasteiger partial charge is 0.466 e. The van der Waals surface area contributed by atoms with Gasteiger partial charge >= 0.3 is 18.2 Å². The fourth-order valence-electron chi connectivity index (χ4n) is 2.92. The van der Waals surface area contributed by atoms with Gasteiger partial charge in [-0.15, -0.1) is 0 Å². The highest BCUT2D eigenvalue weighted by atomic mass is 19.4. The summed E-state index contributed by atoms with van der Waals surface area (Å²) in [6, 6.07) is 1.34. The topological polar surface area (TPSA) is 106 Å². The minimum absolute atomic E-state index is 0.0643. The van der Waals surface area contributed by atoms with Crippen LogP contribution in [-0.4, -0.2) is 42.4 Å². The van der Waals surface area contributed by atoms with Crippen LogP contribution in [0.25, 0.3) is 0 Å². The van der Waals surface area contributed by atoms with E-state index in [0.29, 0.717) is 5.75 Å². The molecule has 142 valence electrons. The van der Waals surface area contributed by atoms with Crippen molar-refractivity contribution in [1.82, 2.24) is 10.6 Å². The zero-order valence-corrected chi connectivity index (χ0v) is 13.4. The summed E-state index contributed by atoms with van der Waals surface area (Å²) in [6.45, 7) is 1.14. The van der Waals surface area contributed by atoms with Gasteiger partial charge in [0.2, 0.25) is 6.79 Å². The summed E-state index contributed by atoms with van der Waals surface area (Å²) in [5.74, 6) is -2.88. The zero-order chi connectivity index (χ0) is 19.1. The maximum absolute atomic E-state index is 13.5. The summed E-state index contributed by atoms with van der Waals surface area (Å²) >= 11 is 0. The average Bonchev–Trinajstić information content (AvgIpc) is 3.00. The second kappa shape index (κ2) is 6.24. The van der Waals surface area contributed by atoms with E-state index in [9.17, 15) is 27.9 Å². The molecule has 2 aliphatic heterocycles. The van der Waals surface area contributed by atoms with Crippen molar-refractivity contribution in [2.45, 2.75) is 24.9 Å². The first-order valence-corrected chi connectivity index (χ1v) is 7.61. The number of amides is 2. The highest BCUT2D eigenvalue weighted by Gasteiger charge is 2.67. The lowest BCUT2D eigenvalue weighted by molar-refractivity contribution is -0.294. The van der Waals surface area contributed by atoms with Gasteiger partial charge in [-0.1, -0.05) is 6.07 Å². The fraction of sp³-hybridized carbons (Fsp3) is 0.467. The number of carbonyl (C=O) groups excluding carboxylic acids is 2. The Morgan fingerprint density at radius 2 is 2.08 bits per heavy atom. The average molecular weight is 376 g/mol. The van der Waals surface area contributed by atoms with Gasteiger partial charge in [0, 0.05) is 0 Å². The Labute approximate surface area is 145 Å². The van der Waals surface area contributed by atoms with E-state index in [2.05, 4.69) is 5.32 Å². The van der Waals surface area contributed by atoms with Crippen molar-refractivity contribution in [1.29, 1.82) is 0 Å². The Balaban J connectivity index is 2.08. The minimum Gasteiger partial charge on any atom is -0.466 e. The molecule has 0 saturated carbocycles. The highest BCUT2D eigenvalue weighted by molar-refractivity contribution is 5.83. The number of halogens is 3. The summed E-state index contributed by atoms with van der Waals surface area (Å²) in [5, 5.41) is 13.8. The second-order valence-electron chi connectivity index (χ2n) is 5.68. The van der Waals surface area contributed by atoms with Gasteiger partial charge in [-0.3, -0.25) is 4.79 Å². The maximum atomic E-state index is 13.5. The van der Waals surface area contributed by atoms with Gasteiger partial charge in [-0.2, -0.15) is 13.2 Å². The Bertz CT molecular complexity index is 741. The van der Waals surface area contributed by atoms with Gasteiger partial charge in [0.1, 0.15) is 5.92 Å². The number of carbonyl (C=O) groups is 2. The Hall–Kier alpha value is -2.69. The molecule has 2 amide bonds. The van der Waals surface area contributed by atoms with Crippen LogP contribution in [0.1, 0.15) is 18.5 Å². The molecular weight excluding hydrogens is 361 g/mol. The third-order valence-corrected chi connectivity index (χ3v) is 4.10. The number of nitrogens with one attached hydrogen (secondary N) is 2. The summed E-state index contributed by atoms with van der Waals surface area (Å²) in [5.41, 5.74) is -3.69. The molecule has 0 bridgehead atoms. The van der Waals surface area contributed by atoms with E-state index < -0.39 is 35.9 Å². The highest BCUT2D eigenvalue weighted by Crippen LogP contribution is 2.44. The van der Waals surface area contributed by atoms with E-state index >= 15 is 0 Å². The van der Waals surface area contributed by atoms with Crippen LogP contribution in [0.5, 0.6) is 11.5 Å². The Morgan fingerprint density at radius 1 is 1.38 bits per heavy atom. The van der Waals surface area contributed by atoms with Gasteiger partial charge in [-0.25, -0.2) is 4.79 Å². The van der Waals surface area contributed by atoms with E-state index in [1.807, 2.05) is 0 Å². The molecule has 0 spiro atoms. The van der Waals surface area contributed by atoms with Gasteiger partial charge in [0.05, 0.1) is 12.6 Å². The fourth-order valence-corrected chi connectivity index (χ4v) is 2.92. The van der Waals surface area contributed by atoms with Crippen molar-refractivity contribution in [2.24, 2.45) is 5.92 Å². The zero-order valence-electron chi connectivity index (χ0n) is 13.4. The molecule has 0 aliphatic carbocycles. The van der Waals surface area contributed by atoms with Crippen LogP contribution in [-0.2, 0) is 9.53 Å². The first kappa shape index (κ1) is 18.1. The number of alkyl halides is 3. The van der Waals surface area contributed by atoms with Crippen molar-refractivity contribution in [3.8, 4) is 11.5 Å². The lowest BCUT2D eigenvalue weighted by Gasteiger charge is -2.44. The summed E-state index contributed by atoms with van der Waals surface area (Å²) in [4.78, 5) is 24.0. The van der Waals surface area contributed by atoms with Crippen molar-refractivity contribution in [3.05, 3.63) is 23.8 Å². The smallest absolute Gasteiger partial charge is 0.437 e. The number of benzene rings is 1. The number of urea groups is 1. The molecule has 3 N–H and O–H groups in total. The molecule has 2 heterocycles. The molecule has 3 rings (SSSR count). The molecule has 11 heteroatoms. The number of ether oxygens (including phenoxy) is 3. The van der Waals surface area contributed by atoms with Crippen molar-refractivity contribution < 1.29 is 42.1 Å².